The van der Waals surface area contributed by atoms with Gasteiger partial charge < -0.3 is 9.64 Å². The van der Waals surface area contributed by atoms with Crippen molar-refractivity contribution < 1.29 is 13.9 Å². The number of rotatable bonds is 9. The van der Waals surface area contributed by atoms with E-state index < -0.39 is 0 Å². The summed E-state index contributed by atoms with van der Waals surface area (Å²) < 4.78 is 19.5. The fourth-order valence-corrected chi connectivity index (χ4v) is 7.26. The number of hydrogen-bond donors (Lipinski definition) is 0. The number of ketones is 1. The molecule has 6 heteroatoms. The van der Waals surface area contributed by atoms with Crippen molar-refractivity contribution in [3.05, 3.63) is 101 Å². The van der Waals surface area contributed by atoms with E-state index in [2.05, 4.69) is 47.9 Å². The Kier molecular flexibility index (Phi) is 9.82. The molecular weight excluding hydrogens is 531 g/mol. The molecule has 1 unspecified atom stereocenters. The molecular formula is C35H39FN2O2S. The van der Waals surface area contributed by atoms with E-state index in [1.165, 1.54) is 23.4 Å². The normalized spacial score (nSPS) is 19.6. The van der Waals surface area contributed by atoms with Gasteiger partial charge in [-0.05, 0) is 99.6 Å². The summed E-state index contributed by atoms with van der Waals surface area (Å²) in [5, 5.41) is 0. The summed E-state index contributed by atoms with van der Waals surface area (Å²) in [7, 11) is 4.28. The van der Waals surface area contributed by atoms with Crippen LogP contribution in [0, 0.1) is 17.7 Å². The van der Waals surface area contributed by atoms with Crippen LogP contribution in [0.5, 0.6) is 5.75 Å². The van der Waals surface area contributed by atoms with Gasteiger partial charge in [-0.1, -0.05) is 36.1 Å². The molecule has 4 nitrogen and oxygen atoms in total. The SMILES string of the molecule is CN(C)C1(CCC(=O)c2cccc(OC3CCN(Cc4cccc(C#Cc5ccc(F)cc5)c4)CC3)c2)CCSC1. The highest BCUT2D eigenvalue weighted by Crippen LogP contribution is 2.36. The molecule has 2 aliphatic rings. The molecule has 2 saturated heterocycles. The predicted molar refractivity (Wildman–Crippen MR) is 166 cm³/mol. The van der Waals surface area contributed by atoms with Crippen LogP contribution in [-0.4, -0.2) is 65.9 Å². The highest BCUT2D eigenvalue weighted by molar-refractivity contribution is 7.99. The first kappa shape index (κ1) is 29.4. The zero-order valence-electron chi connectivity index (χ0n) is 24.1. The van der Waals surface area contributed by atoms with Crippen LogP contribution in [-0.2, 0) is 6.54 Å². The fraction of sp³-hybridized carbons (Fsp3) is 0.400. The quantitative estimate of drug-likeness (QED) is 0.212. The second-order valence-electron chi connectivity index (χ2n) is 11.4. The van der Waals surface area contributed by atoms with Crippen molar-refractivity contribution in [2.45, 2.75) is 50.3 Å². The van der Waals surface area contributed by atoms with Crippen molar-refractivity contribution in [3.63, 3.8) is 0 Å². The van der Waals surface area contributed by atoms with Crippen molar-refractivity contribution in [1.82, 2.24) is 9.80 Å². The second-order valence-corrected chi connectivity index (χ2v) is 12.5. The molecule has 0 saturated carbocycles. The van der Waals surface area contributed by atoms with Gasteiger partial charge in [-0.2, -0.15) is 11.8 Å². The van der Waals surface area contributed by atoms with Crippen molar-refractivity contribution >= 4 is 17.5 Å². The fourth-order valence-electron chi connectivity index (χ4n) is 5.66. The van der Waals surface area contributed by atoms with E-state index >= 15 is 0 Å². The van der Waals surface area contributed by atoms with Crippen molar-refractivity contribution in [3.8, 4) is 17.6 Å². The largest absolute Gasteiger partial charge is 0.490 e. The van der Waals surface area contributed by atoms with Gasteiger partial charge in [0, 0.05) is 54.0 Å². The number of ether oxygens (including phenoxy) is 1. The van der Waals surface area contributed by atoms with E-state index in [-0.39, 0.29) is 23.2 Å². The van der Waals surface area contributed by atoms with Crippen molar-refractivity contribution in [2.75, 3.05) is 38.7 Å². The van der Waals surface area contributed by atoms with Crippen LogP contribution in [0.1, 0.15) is 59.2 Å². The number of benzene rings is 3. The van der Waals surface area contributed by atoms with Gasteiger partial charge >= 0.3 is 0 Å². The maximum atomic E-state index is 13.1. The Morgan fingerprint density at radius 3 is 2.51 bits per heavy atom. The Labute approximate surface area is 248 Å². The molecule has 214 valence electrons. The zero-order chi connectivity index (χ0) is 28.7. The maximum Gasteiger partial charge on any atom is 0.163 e. The van der Waals surface area contributed by atoms with E-state index in [0.717, 1.165) is 73.5 Å². The molecule has 2 heterocycles. The summed E-state index contributed by atoms with van der Waals surface area (Å²) in [4.78, 5) is 17.8. The lowest BCUT2D eigenvalue weighted by Gasteiger charge is -2.35. The number of carbonyl (C=O) groups is 1. The van der Waals surface area contributed by atoms with Crippen LogP contribution < -0.4 is 4.74 Å². The van der Waals surface area contributed by atoms with Gasteiger partial charge in [0.1, 0.15) is 17.7 Å². The molecule has 0 aliphatic carbocycles. The number of thioether (sulfide) groups is 1. The number of nitrogens with zero attached hydrogens (tertiary/aromatic N) is 2. The van der Waals surface area contributed by atoms with Crippen LogP contribution in [0.4, 0.5) is 4.39 Å². The number of likely N-dealkylation sites (tertiary alicyclic amines) is 1. The topological polar surface area (TPSA) is 32.8 Å². The van der Waals surface area contributed by atoms with Gasteiger partial charge in [0.15, 0.2) is 5.78 Å². The van der Waals surface area contributed by atoms with Crippen LogP contribution in [0.25, 0.3) is 0 Å². The van der Waals surface area contributed by atoms with Gasteiger partial charge in [0.05, 0.1) is 0 Å². The van der Waals surface area contributed by atoms with Gasteiger partial charge in [-0.15, -0.1) is 0 Å². The summed E-state index contributed by atoms with van der Waals surface area (Å²) in [5.41, 5.74) is 3.88. The molecule has 41 heavy (non-hydrogen) atoms. The third-order valence-corrected chi connectivity index (χ3v) is 9.60. The highest BCUT2D eigenvalue weighted by atomic mass is 32.2. The predicted octanol–water partition coefficient (Wildman–Crippen LogP) is 6.67. The molecule has 5 rings (SSSR count). The average molecular weight is 571 g/mol. The molecule has 0 N–H and O–H groups in total. The van der Waals surface area contributed by atoms with Crippen LogP contribution in [0.3, 0.4) is 0 Å². The van der Waals surface area contributed by atoms with Crippen LogP contribution in [0.2, 0.25) is 0 Å². The second kappa shape index (κ2) is 13.7. The Bertz CT molecular complexity index is 1380. The van der Waals surface area contributed by atoms with Gasteiger partial charge in [-0.25, -0.2) is 4.39 Å². The van der Waals surface area contributed by atoms with E-state index in [1.54, 1.807) is 12.1 Å². The van der Waals surface area contributed by atoms with Gasteiger partial charge in [-0.3, -0.25) is 9.69 Å². The number of piperidine rings is 1. The smallest absolute Gasteiger partial charge is 0.163 e. The number of Topliss-reactive ketones (excluding diaryl/α,β-unsaturated/α-hetero) is 1. The van der Waals surface area contributed by atoms with E-state index in [9.17, 15) is 9.18 Å². The molecule has 0 bridgehead atoms. The molecule has 1 atom stereocenters. The number of hydrogen-bond acceptors (Lipinski definition) is 5. The van der Waals surface area contributed by atoms with Crippen molar-refractivity contribution in [1.29, 1.82) is 0 Å². The lowest BCUT2D eigenvalue weighted by Crippen LogP contribution is -2.44. The molecule has 0 radical (unpaired) electrons. The van der Waals surface area contributed by atoms with Crippen LogP contribution >= 0.6 is 11.8 Å². The van der Waals surface area contributed by atoms with Crippen molar-refractivity contribution in [2.24, 2.45) is 0 Å². The Balaban J connectivity index is 1.10. The first-order chi connectivity index (χ1) is 19.9. The first-order valence-corrected chi connectivity index (χ1v) is 15.7. The Morgan fingerprint density at radius 1 is 1.02 bits per heavy atom. The minimum Gasteiger partial charge on any atom is -0.490 e. The lowest BCUT2D eigenvalue weighted by molar-refractivity contribution is 0.0925. The van der Waals surface area contributed by atoms with Gasteiger partial charge in [0.2, 0.25) is 0 Å². The summed E-state index contributed by atoms with van der Waals surface area (Å²) in [6.07, 6.45) is 4.67. The minimum atomic E-state index is -0.252. The summed E-state index contributed by atoms with van der Waals surface area (Å²) in [5.74, 6) is 9.33. The molecule has 0 amide bonds. The molecule has 2 aliphatic heterocycles. The zero-order valence-corrected chi connectivity index (χ0v) is 24.9. The maximum absolute atomic E-state index is 13.1. The highest BCUT2D eigenvalue weighted by Gasteiger charge is 2.36. The minimum absolute atomic E-state index is 0.140. The lowest BCUT2D eigenvalue weighted by atomic mass is 9.89. The summed E-state index contributed by atoms with van der Waals surface area (Å²) in [6.45, 7) is 2.79. The third-order valence-electron chi connectivity index (χ3n) is 8.37. The number of carbonyl (C=O) groups excluding carboxylic acids is 1. The molecule has 3 aromatic carbocycles. The summed E-state index contributed by atoms with van der Waals surface area (Å²) in [6, 6.07) is 22.3. The standard InChI is InChI=1S/C35H39FN2O2S/c1-37(2)35(19-22-41-26-35)18-15-34(39)30-7-4-8-33(24-30)40-32-16-20-38(21-17-32)25-29-6-3-5-28(23-29)10-9-27-11-13-31(36)14-12-27/h3-8,11-14,23-24,32H,15-22,25-26H2,1-2H3. The van der Waals surface area contributed by atoms with Crippen LogP contribution in [0.15, 0.2) is 72.8 Å². The Hall–Kier alpha value is -3.11. The van der Waals surface area contributed by atoms with E-state index in [4.69, 9.17) is 4.74 Å². The molecule has 2 fully saturated rings. The monoisotopic (exact) mass is 570 g/mol. The first-order valence-electron chi connectivity index (χ1n) is 14.5. The molecule has 0 aromatic heterocycles. The van der Waals surface area contributed by atoms with Gasteiger partial charge in [0.25, 0.3) is 0 Å². The van der Waals surface area contributed by atoms with E-state index in [0.29, 0.717) is 6.42 Å². The number of halogens is 1. The molecule has 0 spiro atoms. The Morgan fingerprint density at radius 2 is 1.78 bits per heavy atom. The molecule has 3 aromatic rings. The summed E-state index contributed by atoms with van der Waals surface area (Å²) >= 11 is 1.99. The third kappa shape index (κ3) is 8.01. The average Bonchev–Trinajstić information content (AvgIpc) is 3.48. The van der Waals surface area contributed by atoms with E-state index in [1.807, 2.05) is 48.2 Å².